The number of rotatable bonds is 6. The highest BCUT2D eigenvalue weighted by molar-refractivity contribution is 7.99. The van der Waals surface area contributed by atoms with Crippen LogP contribution in [-0.2, 0) is 4.79 Å². The summed E-state index contributed by atoms with van der Waals surface area (Å²) in [5.41, 5.74) is 0. The van der Waals surface area contributed by atoms with Gasteiger partial charge in [-0.1, -0.05) is 25.1 Å². The van der Waals surface area contributed by atoms with Crippen molar-refractivity contribution in [2.24, 2.45) is 0 Å². The van der Waals surface area contributed by atoms with Crippen LogP contribution in [-0.4, -0.2) is 40.1 Å². The number of aromatic nitrogens is 2. The summed E-state index contributed by atoms with van der Waals surface area (Å²) in [7, 11) is 1.84. The first-order valence-electron chi connectivity index (χ1n) is 5.37. The molecular weight excluding hydrogens is 222 g/mol. The van der Waals surface area contributed by atoms with Crippen molar-refractivity contribution in [3.8, 4) is 0 Å². The van der Waals surface area contributed by atoms with Crippen LogP contribution in [0.15, 0.2) is 23.6 Å². The summed E-state index contributed by atoms with van der Waals surface area (Å²) in [6.07, 6.45) is 5.52. The first-order valence-corrected chi connectivity index (χ1v) is 6.36. The molecule has 16 heavy (non-hydrogen) atoms. The van der Waals surface area contributed by atoms with Gasteiger partial charge in [-0.2, -0.15) is 0 Å². The van der Waals surface area contributed by atoms with E-state index in [1.54, 1.807) is 23.4 Å². The van der Waals surface area contributed by atoms with Gasteiger partial charge in [-0.15, -0.1) is 0 Å². The highest BCUT2D eigenvalue weighted by Gasteiger charge is 2.09. The number of hydrogen-bond donors (Lipinski definition) is 0. The van der Waals surface area contributed by atoms with E-state index in [9.17, 15) is 4.79 Å². The summed E-state index contributed by atoms with van der Waals surface area (Å²) in [6.45, 7) is 2.94. The predicted octanol–water partition coefficient (Wildman–Crippen LogP) is 1.83. The average molecular weight is 239 g/mol. The van der Waals surface area contributed by atoms with Gasteiger partial charge in [0.2, 0.25) is 5.91 Å². The molecule has 1 rings (SSSR count). The Bertz CT molecular complexity index is 318. The van der Waals surface area contributed by atoms with Crippen LogP contribution in [0.2, 0.25) is 0 Å². The average Bonchev–Trinajstić information content (AvgIpc) is 2.34. The van der Waals surface area contributed by atoms with Gasteiger partial charge < -0.3 is 4.90 Å². The van der Waals surface area contributed by atoms with Crippen molar-refractivity contribution in [2.75, 3.05) is 19.3 Å². The minimum atomic E-state index is 0.130. The van der Waals surface area contributed by atoms with E-state index in [1.165, 1.54) is 11.8 Å². The molecule has 0 bridgehead atoms. The van der Waals surface area contributed by atoms with E-state index in [-0.39, 0.29) is 5.91 Å². The molecular formula is C11H17N3OS. The van der Waals surface area contributed by atoms with Crippen LogP contribution in [0.1, 0.15) is 19.8 Å². The fraction of sp³-hybridized carbons (Fsp3) is 0.545. The number of nitrogens with zero attached hydrogens (tertiary/aromatic N) is 3. The van der Waals surface area contributed by atoms with Gasteiger partial charge in [0, 0.05) is 26.0 Å². The Morgan fingerprint density at radius 1 is 1.44 bits per heavy atom. The summed E-state index contributed by atoms with van der Waals surface area (Å²) in [6, 6.07) is 1.76. The van der Waals surface area contributed by atoms with Crippen LogP contribution in [0.4, 0.5) is 0 Å². The number of carbonyl (C=O) groups is 1. The SMILES string of the molecule is CCCCN(C)C(=O)CSc1ncccn1. The van der Waals surface area contributed by atoms with E-state index in [0.29, 0.717) is 10.9 Å². The molecule has 0 aliphatic rings. The van der Waals surface area contributed by atoms with Gasteiger partial charge in [0.1, 0.15) is 0 Å². The van der Waals surface area contributed by atoms with E-state index >= 15 is 0 Å². The van der Waals surface area contributed by atoms with Gasteiger partial charge in [-0.25, -0.2) is 9.97 Å². The number of unbranched alkanes of at least 4 members (excludes halogenated alkanes) is 1. The van der Waals surface area contributed by atoms with Crippen molar-refractivity contribution < 1.29 is 4.79 Å². The third kappa shape index (κ3) is 4.61. The molecule has 1 aromatic rings. The lowest BCUT2D eigenvalue weighted by atomic mass is 10.3. The third-order valence-electron chi connectivity index (χ3n) is 2.14. The molecule has 0 fully saturated rings. The molecule has 0 saturated heterocycles. The van der Waals surface area contributed by atoms with Crippen LogP contribution in [0.25, 0.3) is 0 Å². The molecule has 0 spiro atoms. The number of carbonyl (C=O) groups excluding carboxylic acids is 1. The molecule has 1 amide bonds. The highest BCUT2D eigenvalue weighted by atomic mass is 32.2. The number of thioether (sulfide) groups is 1. The van der Waals surface area contributed by atoms with Gasteiger partial charge >= 0.3 is 0 Å². The summed E-state index contributed by atoms with van der Waals surface area (Å²) >= 11 is 1.38. The summed E-state index contributed by atoms with van der Waals surface area (Å²) < 4.78 is 0. The summed E-state index contributed by atoms with van der Waals surface area (Å²) in [5.74, 6) is 0.537. The zero-order chi connectivity index (χ0) is 11.8. The number of amides is 1. The minimum Gasteiger partial charge on any atom is -0.345 e. The molecule has 4 nitrogen and oxygen atoms in total. The van der Waals surface area contributed by atoms with E-state index in [2.05, 4.69) is 16.9 Å². The van der Waals surface area contributed by atoms with Gasteiger partial charge in [0.15, 0.2) is 5.16 Å². The first-order chi connectivity index (χ1) is 7.74. The Morgan fingerprint density at radius 3 is 2.75 bits per heavy atom. The molecule has 0 aromatic carbocycles. The molecule has 0 aliphatic carbocycles. The van der Waals surface area contributed by atoms with Crippen molar-refractivity contribution in [2.45, 2.75) is 24.9 Å². The molecule has 0 aliphatic heterocycles. The quantitative estimate of drug-likeness (QED) is 0.561. The molecule has 5 heteroatoms. The van der Waals surface area contributed by atoms with Crippen molar-refractivity contribution in [1.82, 2.24) is 14.9 Å². The van der Waals surface area contributed by atoms with E-state index in [4.69, 9.17) is 0 Å². The lowest BCUT2D eigenvalue weighted by Crippen LogP contribution is -2.29. The van der Waals surface area contributed by atoms with Crippen molar-refractivity contribution in [3.05, 3.63) is 18.5 Å². The normalized spacial score (nSPS) is 10.1. The van der Waals surface area contributed by atoms with Crippen molar-refractivity contribution in [3.63, 3.8) is 0 Å². The van der Waals surface area contributed by atoms with Crippen LogP contribution >= 0.6 is 11.8 Å². The molecule has 0 radical (unpaired) electrons. The fourth-order valence-corrected chi connectivity index (χ4v) is 1.86. The maximum Gasteiger partial charge on any atom is 0.232 e. The van der Waals surface area contributed by atoms with Crippen molar-refractivity contribution in [1.29, 1.82) is 0 Å². The second kappa shape index (κ2) is 7.22. The smallest absolute Gasteiger partial charge is 0.232 e. The van der Waals surface area contributed by atoms with Crippen molar-refractivity contribution >= 4 is 17.7 Å². The van der Waals surface area contributed by atoms with Crippen LogP contribution < -0.4 is 0 Å². The number of hydrogen-bond acceptors (Lipinski definition) is 4. The Balaban J connectivity index is 2.29. The zero-order valence-electron chi connectivity index (χ0n) is 9.72. The molecule has 0 saturated carbocycles. The summed E-state index contributed by atoms with van der Waals surface area (Å²) in [5, 5.41) is 0.653. The van der Waals surface area contributed by atoms with Gasteiger partial charge in [0.25, 0.3) is 0 Å². The maximum absolute atomic E-state index is 11.7. The fourth-order valence-electron chi connectivity index (χ4n) is 1.12. The molecule has 0 atom stereocenters. The molecule has 0 N–H and O–H groups in total. The second-order valence-electron chi connectivity index (χ2n) is 3.49. The Kier molecular flexibility index (Phi) is 5.85. The first kappa shape index (κ1) is 13.0. The monoisotopic (exact) mass is 239 g/mol. The Hall–Kier alpha value is -1.10. The van der Waals surface area contributed by atoms with E-state index < -0.39 is 0 Å². The second-order valence-corrected chi connectivity index (χ2v) is 4.43. The van der Waals surface area contributed by atoms with Crippen LogP contribution in [0.3, 0.4) is 0 Å². The predicted molar refractivity (Wildman–Crippen MR) is 65.3 cm³/mol. The lowest BCUT2D eigenvalue weighted by Gasteiger charge is -2.15. The standard InChI is InChI=1S/C11H17N3OS/c1-3-4-8-14(2)10(15)9-16-11-12-6-5-7-13-11/h5-7H,3-4,8-9H2,1-2H3. The zero-order valence-corrected chi connectivity index (χ0v) is 10.5. The Morgan fingerprint density at radius 2 is 2.12 bits per heavy atom. The van der Waals surface area contributed by atoms with Crippen LogP contribution in [0, 0.1) is 0 Å². The topological polar surface area (TPSA) is 46.1 Å². The van der Waals surface area contributed by atoms with Gasteiger partial charge in [0.05, 0.1) is 5.75 Å². The molecule has 0 unspecified atom stereocenters. The molecule has 1 aromatic heterocycles. The lowest BCUT2D eigenvalue weighted by molar-refractivity contribution is -0.127. The largest absolute Gasteiger partial charge is 0.345 e. The molecule has 88 valence electrons. The molecule has 1 heterocycles. The van der Waals surface area contributed by atoms with E-state index in [1.807, 2.05) is 7.05 Å². The van der Waals surface area contributed by atoms with Gasteiger partial charge in [-0.3, -0.25) is 4.79 Å². The van der Waals surface area contributed by atoms with E-state index in [0.717, 1.165) is 19.4 Å². The maximum atomic E-state index is 11.7. The van der Waals surface area contributed by atoms with Crippen LogP contribution in [0.5, 0.6) is 0 Å². The third-order valence-corrected chi connectivity index (χ3v) is 3.00. The Labute approximate surface area is 100 Å². The minimum absolute atomic E-state index is 0.130. The summed E-state index contributed by atoms with van der Waals surface area (Å²) in [4.78, 5) is 21.5. The highest BCUT2D eigenvalue weighted by Crippen LogP contribution is 2.11. The van der Waals surface area contributed by atoms with Gasteiger partial charge in [-0.05, 0) is 12.5 Å².